The van der Waals surface area contributed by atoms with Gasteiger partial charge in [0.1, 0.15) is 5.82 Å². The van der Waals surface area contributed by atoms with Gasteiger partial charge in [0.25, 0.3) is 11.8 Å². The summed E-state index contributed by atoms with van der Waals surface area (Å²) in [4.78, 5) is 41.6. The first kappa shape index (κ1) is 24.0. The molecule has 3 rings (SSSR count). The fourth-order valence-electron chi connectivity index (χ4n) is 3.79. The normalized spacial score (nSPS) is 15.5. The molecule has 0 saturated carbocycles. The molecule has 2 aromatic carbocycles. The Morgan fingerprint density at radius 1 is 1.06 bits per heavy atom. The lowest BCUT2D eigenvalue weighted by molar-refractivity contribution is -0.121. The third-order valence-corrected chi connectivity index (χ3v) is 5.59. The third kappa shape index (κ3) is 5.42. The maximum atomic E-state index is 13.2. The number of amides is 3. The summed E-state index contributed by atoms with van der Waals surface area (Å²) in [7, 11) is 6.17. The number of methoxy groups -OCH3 is 2. The van der Waals surface area contributed by atoms with Crippen LogP contribution in [0.3, 0.4) is 0 Å². The zero-order chi connectivity index (χ0) is 24.1. The van der Waals surface area contributed by atoms with E-state index in [2.05, 4.69) is 5.32 Å². The van der Waals surface area contributed by atoms with Crippen LogP contribution in [0.5, 0.6) is 11.5 Å². The van der Waals surface area contributed by atoms with Gasteiger partial charge in [-0.05, 0) is 43.2 Å². The van der Waals surface area contributed by atoms with Crippen molar-refractivity contribution in [3.63, 3.8) is 0 Å². The molecule has 0 radical (unpaired) electrons. The molecule has 0 bridgehead atoms. The Bertz CT molecular complexity index is 1040. The summed E-state index contributed by atoms with van der Waals surface area (Å²) >= 11 is 0. The van der Waals surface area contributed by atoms with Crippen molar-refractivity contribution in [3.05, 3.63) is 53.3 Å². The van der Waals surface area contributed by atoms with E-state index in [-0.39, 0.29) is 29.8 Å². The van der Waals surface area contributed by atoms with Crippen molar-refractivity contribution in [2.75, 3.05) is 46.7 Å². The standard InChI is InChI=1S/C24H28FN3O5/c1-27(2)24(31)18-12-20(32-3)21(33-4)13-19(18)26-22(29)16-6-5-11-28(14-16)23(30)15-7-9-17(25)10-8-15/h7-10,12-13,16H,5-6,11,14H2,1-4H3,(H,26,29). The van der Waals surface area contributed by atoms with Gasteiger partial charge in [-0.1, -0.05) is 0 Å². The lowest BCUT2D eigenvalue weighted by Gasteiger charge is -2.32. The number of nitrogens with one attached hydrogen (secondary N) is 1. The Hall–Kier alpha value is -3.62. The van der Waals surface area contributed by atoms with Crippen LogP contribution in [0.2, 0.25) is 0 Å². The molecule has 2 aromatic rings. The molecule has 1 N–H and O–H groups in total. The summed E-state index contributed by atoms with van der Waals surface area (Å²) in [6, 6.07) is 8.43. The maximum absolute atomic E-state index is 13.2. The predicted molar refractivity (Wildman–Crippen MR) is 121 cm³/mol. The highest BCUT2D eigenvalue weighted by Crippen LogP contribution is 2.34. The Morgan fingerprint density at radius 2 is 1.70 bits per heavy atom. The molecular weight excluding hydrogens is 429 g/mol. The summed E-state index contributed by atoms with van der Waals surface area (Å²) < 4.78 is 23.8. The molecule has 3 amide bonds. The molecule has 1 unspecified atom stereocenters. The molecule has 33 heavy (non-hydrogen) atoms. The van der Waals surface area contributed by atoms with Crippen LogP contribution in [0.25, 0.3) is 0 Å². The number of ether oxygens (including phenoxy) is 2. The smallest absolute Gasteiger partial charge is 0.255 e. The van der Waals surface area contributed by atoms with Crippen molar-refractivity contribution in [2.45, 2.75) is 12.8 Å². The lowest BCUT2D eigenvalue weighted by atomic mass is 9.96. The van der Waals surface area contributed by atoms with Crippen molar-refractivity contribution in [2.24, 2.45) is 5.92 Å². The van der Waals surface area contributed by atoms with Gasteiger partial charge in [0, 0.05) is 38.8 Å². The Balaban J connectivity index is 1.80. The monoisotopic (exact) mass is 457 g/mol. The summed E-state index contributed by atoms with van der Waals surface area (Å²) in [6.07, 6.45) is 1.25. The van der Waals surface area contributed by atoms with E-state index in [1.54, 1.807) is 25.1 Å². The Kier molecular flexibility index (Phi) is 7.52. The fourth-order valence-corrected chi connectivity index (χ4v) is 3.79. The van der Waals surface area contributed by atoms with E-state index < -0.39 is 11.7 Å². The van der Waals surface area contributed by atoms with Crippen LogP contribution < -0.4 is 14.8 Å². The summed E-state index contributed by atoms with van der Waals surface area (Å²) in [6.45, 7) is 0.743. The van der Waals surface area contributed by atoms with Gasteiger partial charge in [0.05, 0.1) is 31.4 Å². The van der Waals surface area contributed by atoms with E-state index in [0.29, 0.717) is 42.1 Å². The molecule has 9 heteroatoms. The number of halogens is 1. The number of nitrogens with zero attached hydrogens (tertiary/aromatic N) is 2. The molecule has 1 aliphatic rings. The molecule has 176 valence electrons. The average Bonchev–Trinajstić information content (AvgIpc) is 2.83. The minimum Gasteiger partial charge on any atom is -0.493 e. The van der Waals surface area contributed by atoms with Crippen molar-refractivity contribution in [3.8, 4) is 11.5 Å². The van der Waals surface area contributed by atoms with Gasteiger partial charge in [-0.3, -0.25) is 14.4 Å². The van der Waals surface area contributed by atoms with Gasteiger partial charge >= 0.3 is 0 Å². The van der Waals surface area contributed by atoms with Crippen LogP contribution in [0.1, 0.15) is 33.6 Å². The highest BCUT2D eigenvalue weighted by molar-refractivity contribution is 6.05. The quantitative estimate of drug-likeness (QED) is 0.721. The number of rotatable bonds is 6. The number of benzene rings is 2. The molecule has 8 nitrogen and oxygen atoms in total. The van der Waals surface area contributed by atoms with E-state index in [1.165, 1.54) is 49.5 Å². The molecule has 1 saturated heterocycles. The zero-order valence-electron chi connectivity index (χ0n) is 19.2. The highest BCUT2D eigenvalue weighted by atomic mass is 19.1. The highest BCUT2D eigenvalue weighted by Gasteiger charge is 2.30. The average molecular weight is 458 g/mol. The predicted octanol–water partition coefficient (Wildman–Crippen LogP) is 3.04. The van der Waals surface area contributed by atoms with E-state index >= 15 is 0 Å². The number of likely N-dealkylation sites (tertiary alicyclic amines) is 1. The number of carbonyl (C=O) groups excluding carboxylic acids is 3. The first-order valence-electron chi connectivity index (χ1n) is 10.6. The van der Waals surface area contributed by atoms with Crippen molar-refractivity contribution in [1.29, 1.82) is 0 Å². The first-order chi connectivity index (χ1) is 15.7. The number of piperidine rings is 1. The fraction of sp³-hybridized carbons (Fsp3) is 0.375. The summed E-state index contributed by atoms with van der Waals surface area (Å²) in [5, 5.41) is 2.84. The lowest BCUT2D eigenvalue weighted by Crippen LogP contribution is -2.43. The van der Waals surface area contributed by atoms with Gasteiger partial charge in [0.15, 0.2) is 11.5 Å². The number of hydrogen-bond donors (Lipinski definition) is 1. The Morgan fingerprint density at radius 3 is 2.30 bits per heavy atom. The van der Waals surface area contributed by atoms with E-state index in [4.69, 9.17) is 9.47 Å². The topological polar surface area (TPSA) is 88.2 Å². The minimum absolute atomic E-state index is 0.228. The number of hydrogen-bond acceptors (Lipinski definition) is 5. The van der Waals surface area contributed by atoms with Crippen LogP contribution in [-0.4, -0.2) is 68.9 Å². The van der Waals surface area contributed by atoms with E-state index in [0.717, 1.165) is 0 Å². The van der Waals surface area contributed by atoms with E-state index in [1.807, 2.05) is 0 Å². The molecule has 1 atom stereocenters. The van der Waals surface area contributed by atoms with Gasteiger partial charge in [-0.2, -0.15) is 0 Å². The zero-order valence-corrected chi connectivity index (χ0v) is 19.2. The molecule has 0 aromatic heterocycles. The summed E-state index contributed by atoms with van der Waals surface area (Å²) in [5.41, 5.74) is 0.940. The van der Waals surface area contributed by atoms with Crippen LogP contribution in [-0.2, 0) is 4.79 Å². The first-order valence-corrected chi connectivity index (χ1v) is 10.6. The minimum atomic E-state index is -0.460. The molecule has 1 heterocycles. The van der Waals surface area contributed by atoms with Crippen LogP contribution in [0.4, 0.5) is 10.1 Å². The second-order valence-electron chi connectivity index (χ2n) is 8.04. The second-order valence-corrected chi connectivity index (χ2v) is 8.04. The largest absolute Gasteiger partial charge is 0.493 e. The Labute approximate surface area is 192 Å². The number of carbonyl (C=O) groups is 3. The van der Waals surface area contributed by atoms with Crippen LogP contribution >= 0.6 is 0 Å². The molecular formula is C24H28FN3O5. The molecule has 1 fully saturated rings. The van der Waals surface area contributed by atoms with Gasteiger partial charge in [-0.25, -0.2) is 4.39 Å². The molecule has 0 aliphatic carbocycles. The van der Waals surface area contributed by atoms with Gasteiger partial charge in [-0.15, -0.1) is 0 Å². The maximum Gasteiger partial charge on any atom is 0.255 e. The van der Waals surface area contributed by atoms with Crippen molar-refractivity contribution < 1.29 is 28.2 Å². The van der Waals surface area contributed by atoms with Crippen LogP contribution in [0.15, 0.2) is 36.4 Å². The van der Waals surface area contributed by atoms with Crippen molar-refractivity contribution >= 4 is 23.4 Å². The van der Waals surface area contributed by atoms with Gasteiger partial charge in [0.2, 0.25) is 5.91 Å². The van der Waals surface area contributed by atoms with Crippen LogP contribution in [0, 0.1) is 11.7 Å². The number of anilines is 1. The SMILES string of the molecule is COc1cc(NC(=O)C2CCCN(C(=O)c3ccc(F)cc3)C2)c(C(=O)N(C)C)cc1OC. The molecule has 0 spiro atoms. The summed E-state index contributed by atoms with van der Waals surface area (Å²) in [5.74, 6) is -0.981. The third-order valence-electron chi connectivity index (χ3n) is 5.59. The van der Waals surface area contributed by atoms with Gasteiger partial charge < -0.3 is 24.6 Å². The van der Waals surface area contributed by atoms with Crippen molar-refractivity contribution in [1.82, 2.24) is 9.80 Å². The van der Waals surface area contributed by atoms with E-state index in [9.17, 15) is 18.8 Å². The second kappa shape index (κ2) is 10.3. The molecule has 1 aliphatic heterocycles.